The van der Waals surface area contributed by atoms with E-state index in [1.165, 1.54) is 12.8 Å². The highest BCUT2D eigenvalue weighted by molar-refractivity contribution is 7.89. The van der Waals surface area contributed by atoms with Crippen molar-refractivity contribution in [3.8, 4) is 0 Å². The second kappa shape index (κ2) is 10.4. The lowest BCUT2D eigenvalue weighted by Gasteiger charge is -2.30. The number of hydrogen-bond donors (Lipinski definition) is 2. The number of benzene rings is 1. The highest BCUT2D eigenvalue weighted by Gasteiger charge is 2.31. The molecule has 29 heavy (non-hydrogen) atoms. The van der Waals surface area contributed by atoms with Crippen molar-refractivity contribution in [2.24, 2.45) is 5.92 Å². The molecule has 2 rings (SSSR count). The summed E-state index contributed by atoms with van der Waals surface area (Å²) in [5.41, 5.74) is -1.06. The van der Waals surface area contributed by atoms with Crippen LogP contribution in [-0.4, -0.2) is 51.9 Å². The molecule has 1 aromatic carbocycles. The Bertz CT molecular complexity index is 776. The molecular formula is C19H28F3N3O3S. The normalized spacial score (nSPS) is 16.7. The van der Waals surface area contributed by atoms with Gasteiger partial charge in [-0.05, 0) is 69.4 Å². The van der Waals surface area contributed by atoms with Crippen molar-refractivity contribution in [1.29, 1.82) is 0 Å². The molecule has 1 heterocycles. The molecule has 0 saturated carbocycles. The van der Waals surface area contributed by atoms with Gasteiger partial charge in [0.1, 0.15) is 0 Å². The Kier molecular flexibility index (Phi) is 8.47. The number of piperidine rings is 1. The molecule has 0 aromatic heterocycles. The van der Waals surface area contributed by atoms with Crippen LogP contribution in [0.15, 0.2) is 29.2 Å². The number of carbonyl (C=O) groups excluding carboxylic acids is 1. The van der Waals surface area contributed by atoms with E-state index >= 15 is 0 Å². The van der Waals surface area contributed by atoms with Crippen molar-refractivity contribution in [2.45, 2.75) is 43.7 Å². The molecule has 10 heteroatoms. The van der Waals surface area contributed by atoms with Crippen LogP contribution in [0.25, 0.3) is 0 Å². The fourth-order valence-electron chi connectivity index (χ4n) is 3.12. The van der Waals surface area contributed by atoms with E-state index in [1.807, 2.05) is 4.72 Å². The lowest BCUT2D eigenvalue weighted by Crippen LogP contribution is -2.37. The average Bonchev–Trinajstić information content (AvgIpc) is 2.67. The third-order valence-corrected chi connectivity index (χ3v) is 6.39. The molecule has 164 valence electrons. The minimum atomic E-state index is -4.64. The van der Waals surface area contributed by atoms with Crippen LogP contribution >= 0.6 is 0 Å². The Morgan fingerprint density at radius 2 is 1.90 bits per heavy atom. The van der Waals surface area contributed by atoms with Gasteiger partial charge in [0.05, 0.1) is 17.0 Å². The molecule has 1 aliphatic rings. The molecule has 0 aliphatic carbocycles. The molecule has 2 N–H and O–H groups in total. The number of nitrogens with one attached hydrogen (secondary N) is 2. The summed E-state index contributed by atoms with van der Waals surface area (Å²) < 4.78 is 64.5. The average molecular weight is 436 g/mol. The first-order valence-corrected chi connectivity index (χ1v) is 11.2. The first-order chi connectivity index (χ1) is 13.6. The molecule has 1 aliphatic heterocycles. The van der Waals surface area contributed by atoms with Crippen LogP contribution in [0.4, 0.5) is 13.2 Å². The lowest BCUT2D eigenvalue weighted by molar-refractivity contribution is -0.137. The highest BCUT2D eigenvalue weighted by Crippen LogP contribution is 2.30. The van der Waals surface area contributed by atoms with Gasteiger partial charge in [0.25, 0.3) is 0 Å². The molecule has 1 fully saturated rings. The van der Waals surface area contributed by atoms with E-state index < -0.39 is 39.1 Å². The largest absolute Gasteiger partial charge is 0.416 e. The van der Waals surface area contributed by atoms with Gasteiger partial charge in [0.15, 0.2) is 0 Å². The van der Waals surface area contributed by atoms with Crippen LogP contribution in [-0.2, 0) is 21.0 Å². The molecule has 1 saturated heterocycles. The highest BCUT2D eigenvalue weighted by atomic mass is 32.2. The molecule has 0 bridgehead atoms. The van der Waals surface area contributed by atoms with Crippen molar-refractivity contribution >= 4 is 15.9 Å². The van der Waals surface area contributed by atoms with Crippen LogP contribution in [0.3, 0.4) is 0 Å². The fraction of sp³-hybridized carbons (Fsp3) is 0.632. The van der Waals surface area contributed by atoms with Crippen molar-refractivity contribution < 1.29 is 26.4 Å². The van der Waals surface area contributed by atoms with Gasteiger partial charge >= 0.3 is 6.18 Å². The van der Waals surface area contributed by atoms with Gasteiger partial charge in [-0.1, -0.05) is 13.0 Å². The molecule has 0 atom stereocenters. The van der Waals surface area contributed by atoms with Crippen LogP contribution in [0.2, 0.25) is 0 Å². The number of sulfonamides is 1. The summed E-state index contributed by atoms with van der Waals surface area (Å²) in [5.74, 6) is 0.262. The molecule has 1 aromatic rings. The van der Waals surface area contributed by atoms with Crippen molar-refractivity contribution in [2.75, 3.05) is 32.7 Å². The van der Waals surface area contributed by atoms with E-state index in [2.05, 4.69) is 17.1 Å². The SMILES string of the molecule is CC1CCN(CCCCNC(=O)CNS(=O)(=O)c2cccc(C(F)(F)F)c2)CC1. The van der Waals surface area contributed by atoms with Gasteiger partial charge in [0.2, 0.25) is 15.9 Å². The Hall–Kier alpha value is -1.65. The smallest absolute Gasteiger partial charge is 0.355 e. The number of rotatable bonds is 9. The lowest BCUT2D eigenvalue weighted by atomic mass is 9.99. The number of likely N-dealkylation sites (tertiary alicyclic amines) is 1. The first kappa shape index (κ1) is 23.6. The van der Waals surface area contributed by atoms with Crippen LogP contribution in [0.5, 0.6) is 0 Å². The summed E-state index contributed by atoms with van der Waals surface area (Å²) in [7, 11) is -4.21. The first-order valence-electron chi connectivity index (χ1n) is 9.74. The van der Waals surface area contributed by atoms with Gasteiger partial charge in [-0.3, -0.25) is 4.79 Å². The Labute approximate surface area is 169 Å². The molecule has 0 spiro atoms. The third-order valence-electron chi connectivity index (χ3n) is 4.99. The van der Waals surface area contributed by atoms with Crippen molar-refractivity contribution in [1.82, 2.24) is 14.9 Å². The van der Waals surface area contributed by atoms with Gasteiger partial charge in [0, 0.05) is 6.54 Å². The van der Waals surface area contributed by atoms with Crippen molar-refractivity contribution in [3.05, 3.63) is 29.8 Å². The van der Waals surface area contributed by atoms with E-state index in [4.69, 9.17) is 0 Å². The maximum Gasteiger partial charge on any atom is 0.416 e. The standard InChI is InChI=1S/C19H28F3N3O3S/c1-15-7-11-25(12-8-15)10-3-2-9-23-18(26)14-24-29(27,28)17-6-4-5-16(13-17)19(20,21)22/h4-6,13,15,24H,2-3,7-12,14H2,1H3,(H,23,26). The zero-order valence-corrected chi connectivity index (χ0v) is 17.3. The number of carbonyl (C=O) groups is 1. The minimum Gasteiger partial charge on any atom is -0.355 e. The summed E-state index contributed by atoms with van der Waals surface area (Å²) in [4.78, 5) is 13.7. The number of hydrogen-bond acceptors (Lipinski definition) is 4. The van der Waals surface area contributed by atoms with Gasteiger partial charge in [-0.2, -0.15) is 13.2 Å². The van der Waals surface area contributed by atoms with Crippen LogP contribution in [0.1, 0.15) is 38.2 Å². The topological polar surface area (TPSA) is 78.5 Å². The quantitative estimate of drug-likeness (QED) is 0.585. The van der Waals surface area contributed by atoms with Gasteiger partial charge in [-0.25, -0.2) is 13.1 Å². The van der Waals surface area contributed by atoms with Crippen molar-refractivity contribution in [3.63, 3.8) is 0 Å². The summed E-state index contributed by atoms with van der Waals surface area (Å²) in [6.07, 6.45) is -0.510. The maximum absolute atomic E-state index is 12.7. The number of unbranched alkanes of at least 4 members (excludes halogenated alkanes) is 1. The van der Waals surface area contributed by atoms with Gasteiger partial charge in [-0.15, -0.1) is 0 Å². The number of halogens is 3. The van der Waals surface area contributed by atoms with E-state index in [0.29, 0.717) is 12.6 Å². The second-order valence-electron chi connectivity index (χ2n) is 7.43. The minimum absolute atomic E-state index is 0.425. The monoisotopic (exact) mass is 435 g/mol. The number of nitrogens with zero attached hydrogens (tertiary/aromatic N) is 1. The molecular weight excluding hydrogens is 407 g/mol. The van der Waals surface area contributed by atoms with Crippen LogP contribution in [0, 0.1) is 5.92 Å². The second-order valence-corrected chi connectivity index (χ2v) is 9.20. The Morgan fingerprint density at radius 1 is 1.21 bits per heavy atom. The predicted octanol–water partition coefficient (Wildman–Crippen LogP) is 2.61. The Morgan fingerprint density at radius 3 is 2.55 bits per heavy atom. The zero-order chi connectivity index (χ0) is 21.5. The molecule has 0 unspecified atom stereocenters. The molecule has 1 amide bonds. The summed E-state index contributed by atoms with van der Waals surface area (Å²) in [6, 6.07) is 3.40. The summed E-state index contributed by atoms with van der Waals surface area (Å²) >= 11 is 0. The summed E-state index contributed by atoms with van der Waals surface area (Å²) in [5, 5.41) is 2.62. The zero-order valence-electron chi connectivity index (χ0n) is 16.5. The predicted molar refractivity (Wildman–Crippen MR) is 104 cm³/mol. The Balaban J connectivity index is 1.69. The molecule has 0 radical (unpaired) electrons. The van der Waals surface area contributed by atoms with E-state index in [1.54, 1.807) is 0 Å². The number of amides is 1. The van der Waals surface area contributed by atoms with Crippen LogP contribution < -0.4 is 10.0 Å². The van der Waals surface area contributed by atoms with E-state index in [9.17, 15) is 26.4 Å². The van der Waals surface area contributed by atoms with E-state index in [0.717, 1.165) is 56.6 Å². The number of alkyl halides is 3. The van der Waals surface area contributed by atoms with E-state index in [-0.39, 0.29) is 0 Å². The van der Waals surface area contributed by atoms with Gasteiger partial charge < -0.3 is 10.2 Å². The fourth-order valence-corrected chi connectivity index (χ4v) is 4.15. The summed E-state index contributed by atoms with van der Waals surface area (Å²) in [6.45, 7) is 5.34. The third kappa shape index (κ3) is 7.94. The maximum atomic E-state index is 12.7. The molecule has 6 nitrogen and oxygen atoms in total.